The lowest BCUT2D eigenvalue weighted by molar-refractivity contribution is 0.0853. The van der Waals surface area contributed by atoms with Crippen LogP contribution in [0.3, 0.4) is 0 Å². The van der Waals surface area contributed by atoms with E-state index in [1.54, 1.807) is 0 Å². The van der Waals surface area contributed by atoms with Crippen molar-refractivity contribution in [2.75, 3.05) is 18.5 Å². The van der Waals surface area contributed by atoms with Gasteiger partial charge in [-0.15, -0.1) is 0 Å². The summed E-state index contributed by atoms with van der Waals surface area (Å²) in [5, 5.41) is 4.77. The second-order valence-electron chi connectivity index (χ2n) is 5.93. The van der Waals surface area contributed by atoms with Crippen molar-refractivity contribution in [1.29, 1.82) is 0 Å². The molecule has 9 heteroatoms. The van der Waals surface area contributed by atoms with Crippen molar-refractivity contribution < 1.29 is 27.5 Å². The van der Waals surface area contributed by atoms with E-state index in [0.717, 1.165) is 18.9 Å². The van der Waals surface area contributed by atoms with Crippen molar-refractivity contribution in [3.8, 4) is 0 Å². The average molecular weight is 379 g/mol. The third kappa shape index (κ3) is 4.43. The number of amides is 2. The number of ether oxygens (including phenoxy) is 1. The van der Waals surface area contributed by atoms with Gasteiger partial charge in [-0.3, -0.25) is 9.59 Å². The van der Waals surface area contributed by atoms with Gasteiger partial charge in [0.1, 0.15) is 11.4 Å². The highest BCUT2D eigenvalue weighted by molar-refractivity contribution is 6.03. The van der Waals surface area contributed by atoms with Gasteiger partial charge in [-0.1, -0.05) is 6.07 Å². The first-order chi connectivity index (χ1) is 13.0. The van der Waals surface area contributed by atoms with Crippen LogP contribution in [-0.2, 0) is 4.74 Å². The zero-order valence-electron chi connectivity index (χ0n) is 14.1. The van der Waals surface area contributed by atoms with Gasteiger partial charge in [0.2, 0.25) is 0 Å². The van der Waals surface area contributed by atoms with Crippen molar-refractivity contribution in [2.45, 2.75) is 18.9 Å². The number of carbonyl (C=O) groups excluding carboxylic acids is 2. The summed E-state index contributed by atoms with van der Waals surface area (Å²) in [6, 6.07) is 5.74. The Kier molecular flexibility index (Phi) is 5.70. The number of anilines is 1. The van der Waals surface area contributed by atoms with Crippen LogP contribution in [0, 0.1) is 17.5 Å². The molecule has 0 aliphatic carbocycles. The Morgan fingerprint density at radius 1 is 1.07 bits per heavy atom. The highest BCUT2D eigenvalue weighted by Gasteiger charge is 2.19. The fraction of sp³-hybridized carbons (Fsp3) is 0.278. The van der Waals surface area contributed by atoms with Gasteiger partial charge < -0.3 is 15.4 Å². The van der Waals surface area contributed by atoms with Crippen molar-refractivity contribution in [3.05, 3.63) is 59.2 Å². The number of hydrogen-bond acceptors (Lipinski definition) is 4. The van der Waals surface area contributed by atoms with Crippen LogP contribution in [0.25, 0.3) is 0 Å². The summed E-state index contributed by atoms with van der Waals surface area (Å²) in [5.74, 6) is -5.93. The minimum Gasteiger partial charge on any atom is -0.376 e. The van der Waals surface area contributed by atoms with Crippen LogP contribution in [-0.4, -0.2) is 36.1 Å². The van der Waals surface area contributed by atoms with Gasteiger partial charge in [0.25, 0.3) is 11.8 Å². The van der Waals surface area contributed by atoms with Gasteiger partial charge in [-0.25, -0.2) is 18.2 Å². The summed E-state index contributed by atoms with van der Waals surface area (Å²) < 4.78 is 45.3. The normalized spacial score (nSPS) is 16.2. The summed E-state index contributed by atoms with van der Waals surface area (Å²) in [6.07, 6.45) is 1.75. The number of hydrogen-bond donors (Lipinski definition) is 2. The molecule has 3 rings (SSSR count). The first kappa shape index (κ1) is 18.8. The zero-order valence-corrected chi connectivity index (χ0v) is 14.1. The maximum absolute atomic E-state index is 13.7. The summed E-state index contributed by atoms with van der Waals surface area (Å²) >= 11 is 0. The smallest absolute Gasteiger partial charge is 0.274 e. The fourth-order valence-electron chi connectivity index (χ4n) is 2.60. The third-order valence-corrected chi connectivity index (χ3v) is 4.01. The lowest BCUT2D eigenvalue weighted by Crippen LogP contribution is -2.32. The van der Waals surface area contributed by atoms with E-state index in [9.17, 15) is 22.8 Å². The highest BCUT2D eigenvalue weighted by Crippen LogP contribution is 2.20. The average Bonchev–Trinajstić information content (AvgIpc) is 3.20. The van der Waals surface area contributed by atoms with Gasteiger partial charge in [-0.05, 0) is 37.1 Å². The Hall–Kier alpha value is -2.94. The lowest BCUT2D eigenvalue weighted by atomic mass is 10.2. The van der Waals surface area contributed by atoms with E-state index in [4.69, 9.17) is 4.74 Å². The number of rotatable bonds is 5. The Morgan fingerprint density at radius 2 is 1.81 bits per heavy atom. The molecule has 1 aliphatic rings. The van der Waals surface area contributed by atoms with Gasteiger partial charge in [0.15, 0.2) is 17.5 Å². The molecule has 2 N–H and O–H groups in total. The van der Waals surface area contributed by atoms with E-state index in [1.807, 2.05) is 0 Å². The number of benzene rings is 1. The molecule has 2 aromatic rings. The monoisotopic (exact) mass is 379 g/mol. The summed E-state index contributed by atoms with van der Waals surface area (Å²) in [6.45, 7) is 0.992. The van der Waals surface area contributed by atoms with Crippen LogP contribution in [0.2, 0.25) is 0 Å². The number of carbonyl (C=O) groups is 2. The number of aromatic nitrogens is 1. The SMILES string of the molecule is O=C(NCC1CCCO1)c1cccc(C(=O)Nc2ccc(F)c(F)c2F)n1. The van der Waals surface area contributed by atoms with Gasteiger partial charge in [0, 0.05) is 13.2 Å². The second-order valence-corrected chi connectivity index (χ2v) is 5.93. The molecule has 2 heterocycles. The van der Waals surface area contributed by atoms with Crippen LogP contribution in [0.4, 0.5) is 18.9 Å². The Bertz CT molecular complexity index is 870. The molecule has 1 aliphatic heterocycles. The first-order valence-corrected chi connectivity index (χ1v) is 8.27. The van der Waals surface area contributed by atoms with Crippen LogP contribution in [0.15, 0.2) is 30.3 Å². The molecule has 0 spiro atoms. The quantitative estimate of drug-likeness (QED) is 0.783. The number of nitrogens with zero attached hydrogens (tertiary/aromatic N) is 1. The molecule has 27 heavy (non-hydrogen) atoms. The minimum absolute atomic E-state index is 0.00796. The fourth-order valence-corrected chi connectivity index (χ4v) is 2.60. The van der Waals surface area contributed by atoms with Crippen molar-refractivity contribution in [3.63, 3.8) is 0 Å². The molecule has 1 aromatic heterocycles. The topological polar surface area (TPSA) is 80.3 Å². The predicted octanol–water partition coefficient (Wildman–Crippen LogP) is 2.66. The molecule has 1 unspecified atom stereocenters. The van der Waals surface area contributed by atoms with E-state index in [-0.39, 0.29) is 17.5 Å². The molecule has 1 fully saturated rings. The molecule has 0 radical (unpaired) electrons. The Morgan fingerprint density at radius 3 is 2.52 bits per heavy atom. The largest absolute Gasteiger partial charge is 0.376 e. The van der Waals surface area contributed by atoms with Crippen LogP contribution in [0.1, 0.15) is 33.8 Å². The molecule has 6 nitrogen and oxygen atoms in total. The molecular formula is C18H16F3N3O3. The van der Waals surface area contributed by atoms with E-state index < -0.39 is 35.0 Å². The van der Waals surface area contributed by atoms with E-state index in [0.29, 0.717) is 19.2 Å². The van der Waals surface area contributed by atoms with Gasteiger partial charge >= 0.3 is 0 Å². The van der Waals surface area contributed by atoms with Crippen LogP contribution >= 0.6 is 0 Å². The maximum Gasteiger partial charge on any atom is 0.274 e. The Labute approximate surface area is 152 Å². The zero-order chi connectivity index (χ0) is 19.4. The van der Waals surface area contributed by atoms with Crippen molar-refractivity contribution in [1.82, 2.24) is 10.3 Å². The van der Waals surface area contributed by atoms with Crippen LogP contribution in [0.5, 0.6) is 0 Å². The van der Waals surface area contributed by atoms with Crippen LogP contribution < -0.4 is 10.6 Å². The molecule has 1 atom stereocenters. The number of nitrogens with one attached hydrogen (secondary N) is 2. The predicted molar refractivity (Wildman–Crippen MR) is 89.8 cm³/mol. The molecule has 1 saturated heterocycles. The molecule has 0 bridgehead atoms. The summed E-state index contributed by atoms with van der Waals surface area (Å²) in [4.78, 5) is 28.3. The molecule has 142 valence electrons. The first-order valence-electron chi connectivity index (χ1n) is 8.27. The van der Waals surface area contributed by atoms with E-state index >= 15 is 0 Å². The Balaban J connectivity index is 1.68. The molecule has 1 aromatic carbocycles. The van der Waals surface area contributed by atoms with Gasteiger partial charge in [0.05, 0.1) is 11.8 Å². The van der Waals surface area contributed by atoms with Crippen molar-refractivity contribution >= 4 is 17.5 Å². The van der Waals surface area contributed by atoms with Gasteiger partial charge in [-0.2, -0.15) is 0 Å². The second kappa shape index (κ2) is 8.17. The highest BCUT2D eigenvalue weighted by atomic mass is 19.2. The van der Waals surface area contributed by atoms with E-state index in [2.05, 4.69) is 15.6 Å². The molecule has 2 amide bonds. The summed E-state index contributed by atoms with van der Waals surface area (Å²) in [5.41, 5.74) is -0.718. The summed E-state index contributed by atoms with van der Waals surface area (Å²) in [7, 11) is 0. The van der Waals surface area contributed by atoms with E-state index in [1.165, 1.54) is 18.2 Å². The number of halogens is 3. The standard InChI is InChI=1S/C18H16F3N3O3/c19-11-6-7-12(16(21)15(11)20)24-18(26)14-5-1-4-13(23-14)17(25)22-9-10-3-2-8-27-10/h1,4-7,10H,2-3,8-9H2,(H,22,25)(H,24,26). The number of pyridine rings is 1. The lowest BCUT2D eigenvalue weighted by Gasteiger charge is -2.11. The minimum atomic E-state index is -1.69. The van der Waals surface area contributed by atoms with Crippen molar-refractivity contribution in [2.24, 2.45) is 0 Å². The third-order valence-electron chi connectivity index (χ3n) is 4.01. The molecule has 0 saturated carbocycles. The maximum atomic E-state index is 13.7. The molecular weight excluding hydrogens is 363 g/mol.